The number of hydrogen-bond donors (Lipinski definition) is 2. The number of hydrogen-bond acceptors (Lipinski definition) is 4. The van der Waals surface area contributed by atoms with Crippen LogP contribution >= 0.6 is 11.3 Å². The minimum Gasteiger partial charge on any atom is -0.324 e. The van der Waals surface area contributed by atoms with Crippen molar-refractivity contribution in [2.45, 2.75) is 39.3 Å². The lowest BCUT2D eigenvalue weighted by Crippen LogP contribution is -2.41. The van der Waals surface area contributed by atoms with E-state index >= 15 is 0 Å². The molecule has 21 heavy (non-hydrogen) atoms. The van der Waals surface area contributed by atoms with Crippen LogP contribution in [0, 0.1) is 5.92 Å². The van der Waals surface area contributed by atoms with Gasteiger partial charge in [0.1, 0.15) is 5.54 Å². The molecule has 1 aromatic heterocycles. The molecule has 0 radical (unpaired) electrons. The second-order valence-electron chi connectivity index (χ2n) is 6.20. The van der Waals surface area contributed by atoms with Crippen LogP contribution in [0.15, 0.2) is 17.5 Å². The molecule has 2 N–H and O–H groups in total. The van der Waals surface area contributed by atoms with E-state index in [-0.39, 0.29) is 18.0 Å². The highest BCUT2D eigenvalue weighted by molar-refractivity contribution is 7.10. The Morgan fingerprint density at radius 2 is 2.10 bits per heavy atom. The number of nitrogens with one attached hydrogen (secondary N) is 2. The van der Waals surface area contributed by atoms with Crippen molar-refractivity contribution in [3.8, 4) is 0 Å². The summed E-state index contributed by atoms with van der Waals surface area (Å²) in [6.07, 6.45) is 0. The number of urea groups is 1. The van der Waals surface area contributed by atoms with Crippen LogP contribution in [-0.4, -0.2) is 35.5 Å². The van der Waals surface area contributed by atoms with Crippen LogP contribution in [0.25, 0.3) is 0 Å². The Balaban J connectivity index is 1.92. The van der Waals surface area contributed by atoms with Gasteiger partial charge in [-0.25, -0.2) is 4.79 Å². The van der Waals surface area contributed by atoms with Crippen LogP contribution in [0.1, 0.15) is 38.6 Å². The highest BCUT2D eigenvalue weighted by atomic mass is 32.1. The molecule has 5 nitrogen and oxygen atoms in total. The first-order chi connectivity index (χ1) is 9.83. The van der Waals surface area contributed by atoms with E-state index in [1.807, 2.05) is 6.07 Å². The summed E-state index contributed by atoms with van der Waals surface area (Å²) >= 11 is 1.72. The van der Waals surface area contributed by atoms with E-state index in [1.165, 1.54) is 9.78 Å². The van der Waals surface area contributed by atoms with Gasteiger partial charge in [0.25, 0.3) is 5.91 Å². The van der Waals surface area contributed by atoms with Gasteiger partial charge in [-0.3, -0.25) is 9.69 Å². The summed E-state index contributed by atoms with van der Waals surface area (Å²) in [4.78, 5) is 26.5. The normalized spacial score (nSPS) is 19.2. The number of amides is 3. The Bertz CT molecular complexity index is 511. The van der Waals surface area contributed by atoms with Crippen molar-refractivity contribution in [1.82, 2.24) is 15.5 Å². The maximum Gasteiger partial charge on any atom is 0.325 e. The number of imide groups is 1. The molecule has 1 saturated heterocycles. The number of carbonyl (C=O) groups is 2. The Morgan fingerprint density at radius 1 is 1.38 bits per heavy atom. The molecule has 1 unspecified atom stereocenters. The number of thiophene rings is 1. The van der Waals surface area contributed by atoms with Gasteiger partial charge in [-0.2, -0.15) is 0 Å². The number of carbonyl (C=O) groups excluding carboxylic acids is 2. The molecule has 3 amide bonds. The lowest BCUT2D eigenvalue weighted by molar-refractivity contribution is -0.130. The van der Waals surface area contributed by atoms with Crippen LogP contribution in [0.4, 0.5) is 4.79 Å². The van der Waals surface area contributed by atoms with Crippen molar-refractivity contribution >= 4 is 23.3 Å². The van der Waals surface area contributed by atoms with Gasteiger partial charge in [0, 0.05) is 24.0 Å². The minimum atomic E-state index is -0.789. The van der Waals surface area contributed by atoms with E-state index in [0.717, 1.165) is 0 Å². The molecule has 1 aliphatic rings. The molecule has 0 aliphatic carbocycles. The molecule has 0 aromatic carbocycles. The molecule has 1 atom stereocenters. The first kappa shape index (κ1) is 16.0. The fourth-order valence-electron chi connectivity index (χ4n) is 2.49. The fraction of sp³-hybridized carbons (Fsp3) is 0.600. The van der Waals surface area contributed by atoms with Gasteiger partial charge in [-0.1, -0.05) is 19.9 Å². The third-order valence-corrected chi connectivity index (χ3v) is 4.62. The van der Waals surface area contributed by atoms with Gasteiger partial charge >= 0.3 is 6.03 Å². The lowest BCUT2D eigenvalue weighted by Gasteiger charge is -2.23. The van der Waals surface area contributed by atoms with Crippen molar-refractivity contribution in [2.24, 2.45) is 5.92 Å². The average molecular weight is 309 g/mol. The Labute approximate surface area is 129 Å². The zero-order valence-corrected chi connectivity index (χ0v) is 13.8. The maximum absolute atomic E-state index is 12.1. The second kappa shape index (κ2) is 6.15. The molecule has 0 spiro atoms. The predicted octanol–water partition coefficient (Wildman–Crippen LogP) is 2.37. The quantitative estimate of drug-likeness (QED) is 0.793. The highest BCUT2D eigenvalue weighted by Gasteiger charge is 2.43. The lowest BCUT2D eigenvalue weighted by atomic mass is 10.0. The van der Waals surface area contributed by atoms with Crippen LogP contribution in [0.2, 0.25) is 0 Å². The second-order valence-corrected chi connectivity index (χ2v) is 7.18. The van der Waals surface area contributed by atoms with Crippen molar-refractivity contribution in [2.75, 3.05) is 13.1 Å². The Morgan fingerprint density at radius 3 is 2.57 bits per heavy atom. The van der Waals surface area contributed by atoms with Crippen molar-refractivity contribution in [3.05, 3.63) is 22.4 Å². The standard InChI is InChI=1S/C15H23N3O2S/c1-10(2)12(11-6-5-9-21-11)16-7-8-18-13(19)15(3,4)17-14(18)20/h5-6,9-10,12,16H,7-8H2,1-4H3,(H,17,20). The third kappa shape index (κ3) is 3.44. The number of nitrogens with zero attached hydrogens (tertiary/aromatic N) is 1. The van der Waals surface area contributed by atoms with Crippen LogP contribution in [0.5, 0.6) is 0 Å². The molecular formula is C15H23N3O2S. The molecule has 2 rings (SSSR count). The molecular weight excluding hydrogens is 286 g/mol. The van der Waals surface area contributed by atoms with Gasteiger partial charge < -0.3 is 10.6 Å². The smallest absolute Gasteiger partial charge is 0.324 e. The average Bonchev–Trinajstić information content (AvgIpc) is 2.95. The van der Waals surface area contributed by atoms with E-state index in [9.17, 15) is 9.59 Å². The zero-order chi connectivity index (χ0) is 15.6. The van der Waals surface area contributed by atoms with E-state index in [4.69, 9.17) is 0 Å². The highest BCUT2D eigenvalue weighted by Crippen LogP contribution is 2.25. The predicted molar refractivity (Wildman–Crippen MR) is 84.2 cm³/mol. The molecule has 1 aromatic rings. The van der Waals surface area contributed by atoms with E-state index in [2.05, 4.69) is 35.9 Å². The summed E-state index contributed by atoms with van der Waals surface area (Å²) in [5.41, 5.74) is -0.789. The molecule has 116 valence electrons. The van der Waals surface area contributed by atoms with Crippen molar-refractivity contribution in [3.63, 3.8) is 0 Å². The zero-order valence-electron chi connectivity index (χ0n) is 13.0. The van der Waals surface area contributed by atoms with Gasteiger partial charge in [0.15, 0.2) is 0 Å². The molecule has 6 heteroatoms. The van der Waals surface area contributed by atoms with Crippen LogP contribution in [0.3, 0.4) is 0 Å². The Hall–Kier alpha value is -1.40. The largest absolute Gasteiger partial charge is 0.325 e. The van der Waals surface area contributed by atoms with E-state index in [1.54, 1.807) is 25.2 Å². The summed E-state index contributed by atoms with van der Waals surface area (Å²) in [7, 11) is 0. The van der Waals surface area contributed by atoms with Gasteiger partial charge in [0.2, 0.25) is 0 Å². The van der Waals surface area contributed by atoms with Crippen molar-refractivity contribution < 1.29 is 9.59 Å². The monoisotopic (exact) mass is 309 g/mol. The van der Waals surface area contributed by atoms with Crippen LogP contribution < -0.4 is 10.6 Å². The molecule has 2 heterocycles. The van der Waals surface area contributed by atoms with Gasteiger partial charge in [0.05, 0.1) is 0 Å². The summed E-state index contributed by atoms with van der Waals surface area (Å²) in [6, 6.07) is 4.10. The molecule has 1 aliphatic heterocycles. The van der Waals surface area contributed by atoms with Gasteiger partial charge in [-0.05, 0) is 31.2 Å². The van der Waals surface area contributed by atoms with Gasteiger partial charge in [-0.15, -0.1) is 11.3 Å². The molecule has 0 bridgehead atoms. The molecule has 1 fully saturated rings. The SMILES string of the molecule is CC(C)C(NCCN1C(=O)NC(C)(C)C1=O)c1cccs1. The first-order valence-corrected chi connectivity index (χ1v) is 8.12. The maximum atomic E-state index is 12.1. The van der Waals surface area contributed by atoms with Crippen molar-refractivity contribution in [1.29, 1.82) is 0 Å². The summed E-state index contributed by atoms with van der Waals surface area (Å²) in [6.45, 7) is 8.76. The van der Waals surface area contributed by atoms with E-state index < -0.39 is 5.54 Å². The van der Waals surface area contributed by atoms with E-state index in [0.29, 0.717) is 19.0 Å². The first-order valence-electron chi connectivity index (χ1n) is 7.24. The van der Waals surface area contributed by atoms with Crippen LogP contribution in [-0.2, 0) is 4.79 Å². The third-order valence-electron chi connectivity index (χ3n) is 3.66. The molecule has 0 saturated carbocycles. The fourth-order valence-corrected chi connectivity index (χ4v) is 3.46. The Kier molecular flexibility index (Phi) is 4.68. The summed E-state index contributed by atoms with van der Waals surface area (Å²) < 4.78 is 0. The summed E-state index contributed by atoms with van der Waals surface area (Å²) in [5.74, 6) is 0.287. The number of rotatable bonds is 6. The minimum absolute atomic E-state index is 0.161. The topological polar surface area (TPSA) is 61.4 Å². The summed E-state index contributed by atoms with van der Waals surface area (Å²) in [5, 5.41) is 8.21.